The number of carbonyl (C=O) groups is 2. The van der Waals surface area contributed by atoms with Crippen LogP contribution in [-0.4, -0.2) is 25.4 Å². The third-order valence-electron chi connectivity index (χ3n) is 5.50. The van der Waals surface area contributed by atoms with Crippen molar-refractivity contribution < 1.29 is 23.8 Å². The summed E-state index contributed by atoms with van der Waals surface area (Å²) in [4.78, 5) is 25.1. The van der Waals surface area contributed by atoms with Crippen molar-refractivity contribution in [3.05, 3.63) is 125 Å². The highest BCUT2D eigenvalue weighted by molar-refractivity contribution is 6.03. The summed E-state index contributed by atoms with van der Waals surface area (Å²) < 4.78 is 16.9. The number of rotatable bonds is 11. The van der Waals surface area contributed by atoms with Crippen LogP contribution in [0.1, 0.15) is 31.8 Å². The summed E-state index contributed by atoms with van der Waals surface area (Å²) in [6, 6.07) is 31.6. The second-order valence-corrected chi connectivity index (χ2v) is 8.02. The van der Waals surface area contributed by atoms with E-state index in [4.69, 9.17) is 14.2 Å². The molecule has 4 rings (SSSR count). The minimum atomic E-state index is -0.415. The molecule has 0 saturated heterocycles. The monoisotopic (exact) mass is 481 g/mol. The van der Waals surface area contributed by atoms with Crippen LogP contribution in [-0.2, 0) is 18.0 Å². The molecule has 0 fully saturated rings. The molecule has 1 N–H and O–H groups in total. The van der Waals surface area contributed by atoms with Crippen molar-refractivity contribution in [2.24, 2.45) is 0 Å². The molecule has 0 aromatic heterocycles. The van der Waals surface area contributed by atoms with Crippen molar-refractivity contribution in [3.63, 3.8) is 0 Å². The quantitative estimate of drug-likeness (QED) is 0.212. The van der Waals surface area contributed by atoms with Crippen molar-refractivity contribution in [1.82, 2.24) is 0 Å². The summed E-state index contributed by atoms with van der Waals surface area (Å²) in [5.74, 6) is 0.315. The van der Waals surface area contributed by atoms with Crippen LogP contribution in [0.3, 0.4) is 0 Å². The summed E-state index contributed by atoms with van der Waals surface area (Å²) >= 11 is 0. The second kappa shape index (κ2) is 12.2. The van der Waals surface area contributed by atoms with Crippen molar-refractivity contribution in [2.75, 3.05) is 19.0 Å². The third kappa shape index (κ3) is 6.51. The third-order valence-corrected chi connectivity index (χ3v) is 5.50. The van der Waals surface area contributed by atoms with Crippen molar-refractivity contribution in [3.8, 4) is 11.5 Å². The number of ether oxygens (including phenoxy) is 3. The van der Waals surface area contributed by atoms with Crippen LogP contribution in [0.15, 0.2) is 103 Å². The average molecular weight is 482 g/mol. The van der Waals surface area contributed by atoms with Crippen LogP contribution in [0.25, 0.3) is 0 Å². The van der Waals surface area contributed by atoms with E-state index >= 15 is 0 Å². The molecule has 0 atom stereocenters. The molecule has 36 heavy (non-hydrogen) atoms. The Labute approximate surface area is 210 Å². The van der Waals surface area contributed by atoms with Crippen LogP contribution in [0.4, 0.5) is 5.69 Å². The summed E-state index contributed by atoms with van der Waals surface area (Å²) in [5.41, 5.74) is 3.50. The Morgan fingerprint density at radius 2 is 1.19 bits per heavy atom. The van der Waals surface area contributed by atoms with Crippen molar-refractivity contribution >= 4 is 17.4 Å². The maximum atomic E-state index is 13.4. The van der Waals surface area contributed by atoms with Crippen LogP contribution >= 0.6 is 0 Å². The highest BCUT2D eigenvalue weighted by atomic mass is 16.5. The Balaban J connectivity index is 1.52. The van der Waals surface area contributed by atoms with E-state index in [-0.39, 0.29) is 12.3 Å². The number of Topliss-reactive ketones (excluding diaryl/α,β-unsaturated/α-hetero) is 1. The fraction of sp³-hybridized carbons (Fsp3) is 0.133. The Morgan fingerprint density at radius 1 is 0.667 bits per heavy atom. The summed E-state index contributed by atoms with van der Waals surface area (Å²) in [7, 11) is 1.34. The van der Waals surface area contributed by atoms with Crippen LogP contribution in [0, 0.1) is 0 Å². The van der Waals surface area contributed by atoms with Gasteiger partial charge in [0.05, 0.1) is 19.2 Å². The van der Waals surface area contributed by atoms with Gasteiger partial charge in [0.2, 0.25) is 0 Å². The molecule has 0 saturated carbocycles. The first kappa shape index (κ1) is 24.5. The molecule has 4 aromatic rings. The Hall–Kier alpha value is -4.58. The van der Waals surface area contributed by atoms with Gasteiger partial charge in [0.25, 0.3) is 0 Å². The minimum absolute atomic E-state index is 0.0188. The molecule has 0 aliphatic rings. The number of ketones is 1. The maximum Gasteiger partial charge on any atom is 0.337 e. The molecule has 0 radical (unpaired) electrons. The topological polar surface area (TPSA) is 73.9 Å². The summed E-state index contributed by atoms with van der Waals surface area (Å²) in [6.07, 6.45) is 0. The predicted molar refractivity (Wildman–Crippen MR) is 139 cm³/mol. The molecule has 6 nitrogen and oxygen atoms in total. The molecule has 0 bridgehead atoms. The standard InChI is InChI=1S/C30H27NO5/c1-34-30(33)24-15-17-25(18-16-24)31-19-26(32)29-27(35-20-22-9-4-2-5-10-22)13-8-14-28(29)36-21-23-11-6-3-7-12-23/h2-18,31H,19-21H2,1H3. The number of esters is 1. The molecule has 0 spiro atoms. The lowest BCUT2D eigenvalue weighted by Crippen LogP contribution is -2.17. The van der Waals surface area contributed by atoms with E-state index in [0.29, 0.717) is 41.5 Å². The molecule has 0 unspecified atom stereocenters. The van der Waals surface area contributed by atoms with Gasteiger partial charge < -0.3 is 19.5 Å². The van der Waals surface area contributed by atoms with Gasteiger partial charge in [-0.1, -0.05) is 66.7 Å². The first-order valence-electron chi connectivity index (χ1n) is 11.6. The number of carbonyl (C=O) groups excluding carboxylic acids is 2. The van der Waals surface area contributed by atoms with Gasteiger partial charge in [-0.3, -0.25) is 4.79 Å². The highest BCUT2D eigenvalue weighted by Crippen LogP contribution is 2.31. The highest BCUT2D eigenvalue weighted by Gasteiger charge is 2.19. The smallest absolute Gasteiger partial charge is 0.337 e. The van der Waals surface area contributed by atoms with E-state index in [1.807, 2.05) is 66.7 Å². The molecule has 6 heteroatoms. The lowest BCUT2D eigenvalue weighted by Gasteiger charge is -2.16. The van der Waals surface area contributed by atoms with Gasteiger partial charge in [0.1, 0.15) is 30.3 Å². The van der Waals surface area contributed by atoms with E-state index in [2.05, 4.69) is 5.32 Å². The zero-order valence-electron chi connectivity index (χ0n) is 20.0. The molecule has 0 heterocycles. The second-order valence-electron chi connectivity index (χ2n) is 8.02. The van der Waals surface area contributed by atoms with Gasteiger partial charge in [0, 0.05) is 5.69 Å². The fourth-order valence-electron chi connectivity index (χ4n) is 3.61. The Kier molecular flexibility index (Phi) is 8.33. The van der Waals surface area contributed by atoms with Crippen molar-refractivity contribution in [1.29, 1.82) is 0 Å². The number of hydrogen-bond donors (Lipinski definition) is 1. The van der Waals surface area contributed by atoms with Gasteiger partial charge in [0.15, 0.2) is 5.78 Å². The average Bonchev–Trinajstić information content (AvgIpc) is 2.94. The molecule has 0 aliphatic carbocycles. The van der Waals surface area contributed by atoms with E-state index in [1.54, 1.807) is 36.4 Å². The number of methoxy groups -OCH3 is 1. The largest absolute Gasteiger partial charge is 0.488 e. The first-order valence-corrected chi connectivity index (χ1v) is 11.6. The zero-order chi connectivity index (χ0) is 25.2. The molecule has 0 aliphatic heterocycles. The molecular formula is C30H27NO5. The van der Waals surface area contributed by atoms with Crippen LogP contribution in [0.5, 0.6) is 11.5 Å². The van der Waals surface area contributed by atoms with Gasteiger partial charge in [-0.15, -0.1) is 0 Å². The molecular weight excluding hydrogens is 454 g/mol. The van der Waals surface area contributed by atoms with Crippen molar-refractivity contribution in [2.45, 2.75) is 13.2 Å². The number of benzene rings is 4. The lowest BCUT2D eigenvalue weighted by molar-refractivity contribution is 0.0600. The van der Waals surface area contributed by atoms with E-state index in [0.717, 1.165) is 11.1 Å². The Morgan fingerprint density at radius 3 is 1.69 bits per heavy atom. The first-order chi connectivity index (χ1) is 17.6. The number of anilines is 1. The summed E-state index contributed by atoms with van der Waals surface area (Å²) in [6.45, 7) is 0.669. The minimum Gasteiger partial charge on any atom is -0.488 e. The molecule has 4 aromatic carbocycles. The molecule has 182 valence electrons. The maximum absolute atomic E-state index is 13.4. The fourth-order valence-corrected chi connectivity index (χ4v) is 3.61. The zero-order valence-corrected chi connectivity index (χ0v) is 20.0. The summed E-state index contributed by atoms with van der Waals surface area (Å²) in [5, 5.41) is 3.12. The van der Waals surface area contributed by atoms with Gasteiger partial charge in [-0.25, -0.2) is 4.79 Å². The van der Waals surface area contributed by atoms with Crippen LogP contribution in [0.2, 0.25) is 0 Å². The van der Waals surface area contributed by atoms with Crippen LogP contribution < -0.4 is 14.8 Å². The number of hydrogen-bond acceptors (Lipinski definition) is 6. The SMILES string of the molecule is COC(=O)c1ccc(NCC(=O)c2c(OCc3ccccc3)cccc2OCc2ccccc2)cc1. The van der Waals surface area contributed by atoms with E-state index in [9.17, 15) is 9.59 Å². The predicted octanol–water partition coefficient (Wildman–Crippen LogP) is 5.93. The molecule has 0 amide bonds. The lowest BCUT2D eigenvalue weighted by atomic mass is 10.1. The normalized spacial score (nSPS) is 10.4. The number of nitrogens with one attached hydrogen (secondary N) is 1. The van der Waals surface area contributed by atoms with Gasteiger partial charge in [-0.05, 0) is 47.5 Å². The van der Waals surface area contributed by atoms with E-state index < -0.39 is 5.97 Å². The Bertz CT molecular complexity index is 1230. The van der Waals surface area contributed by atoms with Gasteiger partial charge >= 0.3 is 5.97 Å². The van der Waals surface area contributed by atoms with E-state index in [1.165, 1.54) is 7.11 Å². The van der Waals surface area contributed by atoms with Gasteiger partial charge in [-0.2, -0.15) is 0 Å².